The molecule has 0 spiro atoms. The minimum atomic E-state index is -1.02. The maximum Gasteiger partial charge on any atom is 0.328 e. The van der Waals surface area contributed by atoms with Crippen molar-refractivity contribution in [3.63, 3.8) is 0 Å². The number of hydrogen-bond acceptors (Lipinski definition) is 4. The molecule has 6 heteroatoms. The van der Waals surface area contributed by atoms with E-state index >= 15 is 0 Å². The second-order valence-electron chi connectivity index (χ2n) is 5.09. The van der Waals surface area contributed by atoms with Crippen LogP contribution >= 0.6 is 0 Å². The lowest BCUT2D eigenvalue weighted by Gasteiger charge is -2.32. The Labute approximate surface area is 129 Å². The quantitative estimate of drug-likeness (QED) is 0.858. The summed E-state index contributed by atoms with van der Waals surface area (Å²) in [6.45, 7) is 3.32. The van der Waals surface area contributed by atoms with E-state index in [0.717, 1.165) is 11.3 Å². The van der Waals surface area contributed by atoms with Crippen LogP contribution in [0, 0.1) is 0 Å². The van der Waals surface area contributed by atoms with Gasteiger partial charge in [0.15, 0.2) is 6.04 Å². The fourth-order valence-corrected chi connectivity index (χ4v) is 2.42. The number of aryl methyl sites for hydroxylation is 1. The number of ether oxygens (including phenoxy) is 2. The van der Waals surface area contributed by atoms with Crippen molar-refractivity contribution in [1.29, 1.82) is 0 Å². The van der Waals surface area contributed by atoms with Crippen LogP contribution in [0.3, 0.4) is 0 Å². The average Bonchev–Trinajstić information content (AvgIpc) is 2.54. The molecule has 0 radical (unpaired) electrons. The molecule has 120 valence electrons. The number of carboxylic acid groups (broad SMARTS) is 1. The summed E-state index contributed by atoms with van der Waals surface area (Å²) in [5.74, 6) is -0.365. The molecular weight excluding hydrogens is 286 g/mol. The third-order valence-electron chi connectivity index (χ3n) is 3.60. The summed E-state index contributed by atoms with van der Waals surface area (Å²) in [5, 5.41) is 9.14. The Morgan fingerprint density at radius 3 is 2.73 bits per heavy atom. The van der Waals surface area contributed by atoms with Crippen LogP contribution in [-0.2, 0) is 20.7 Å². The van der Waals surface area contributed by atoms with Crippen LogP contribution < -0.4 is 4.74 Å². The van der Waals surface area contributed by atoms with E-state index in [1.807, 2.05) is 31.2 Å². The van der Waals surface area contributed by atoms with Crippen molar-refractivity contribution in [1.82, 2.24) is 4.90 Å². The van der Waals surface area contributed by atoms with Crippen LogP contribution in [0.25, 0.3) is 0 Å². The number of morpholine rings is 1. The Bertz CT molecular complexity index is 514. The zero-order valence-corrected chi connectivity index (χ0v) is 12.7. The molecule has 0 saturated carbocycles. The first-order valence-corrected chi connectivity index (χ1v) is 7.43. The highest BCUT2D eigenvalue weighted by molar-refractivity contribution is 5.84. The van der Waals surface area contributed by atoms with Crippen molar-refractivity contribution in [2.45, 2.75) is 25.8 Å². The smallest absolute Gasteiger partial charge is 0.328 e. The van der Waals surface area contributed by atoms with Gasteiger partial charge in [-0.05, 0) is 31.0 Å². The van der Waals surface area contributed by atoms with Crippen LogP contribution in [0.5, 0.6) is 5.75 Å². The van der Waals surface area contributed by atoms with Crippen LogP contribution in [0.15, 0.2) is 24.3 Å². The largest absolute Gasteiger partial charge is 0.494 e. The van der Waals surface area contributed by atoms with Gasteiger partial charge in [0.2, 0.25) is 5.91 Å². The Hall–Kier alpha value is -2.08. The van der Waals surface area contributed by atoms with Gasteiger partial charge >= 0.3 is 5.97 Å². The van der Waals surface area contributed by atoms with Crippen LogP contribution in [0.4, 0.5) is 0 Å². The molecular formula is C16H21NO5. The van der Waals surface area contributed by atoms with E-state index in [9.17, 15) is 9.59 Å². The van der Waals surface area contributed by atoms with Gasteiger partial charge in [0.05, 0.1) is 19.8 Å². The highest BCUT2D eigenvalue weighted by Gasteiger charge is 2.32. The molecule has 1 aliphatic heterocycles. The number of amides is 1. The molecule has 1 atom stereocenters. The fourth-order valence-electron chi connectivity index (χ4n) is 2.42. The monoisotopic (exact) mass is 307 g/mol. The first kappa shape index (κ1) is 16.3. The van der Waals surface area contributed by atoms with Gasteiger partial charge in [0.1, 0.15) is 5.75 Å². The molecule has 1 fully saturated rings. The van der Waals surface area contributed by atoms with E-state index in [1.165, 1.54) is 4.90 Å². The van der Waals surface area contributed by atoms with Crippen molar-refractivity contribution in [2.75, 3.05) is 26.4 Å². The van der Waals surface area contributed by atoms with Crippen molar-refractivity contribution in [3.05, 3.63) is 29.8 Å². The Morgan fingerprint density at radius 1 is 1.36 bits per heavy atom. The molecule has 2 rings (SSSR count). The summed E-state index contributed by atoms with van der Waals surface area (Å²) in [5.41, 5.74) is 1.02. The molecule has 1 N–H and O–H groups in total. The molecule has 1 unspecified atom stereocenters. The standard InChI is InChI=1S/C16H21NO5/c1-2-22-13-6-3-12(4-7-13)5-8-15(18)17-9-10-21-11-14(17)16(19)20/h3-4,6-7,14H,2,5,8-11H2,1H3,(H,19,20). The lowest BCUT2D eigenvalue weighted by Crippen LogP contribution is -2.52. The lowest BCUT2D eigenvalue weighted by atomic mass is 10.1. The van der Waals surface area contributed by atoms with Crippen molar-refractivity contribution in [3.8, 4) is 5.75 Å². The molecule has 1 heterocycles. The van der Waals surface area contributed by atoms with Gasteiger partial charge < -0.3 is 19.5 Å². The van der Waals surface area contributed by atoms with Crippen LogP contribution in [0.1, 0.15) is 18.9 Å². The number of carboxylic acids is 1. The van der Waals surface area contributed by atoms with E-state index < -0.39 is 12.0 Å². The van der Waals surface area contributed by atoms with Crippen molar-refractivity contribution in [2.24, 2.45) is 0 Å². The Morgan fingerprint density at radius 2 is 2.09 bits per heavy atom. The van der Waals surface area contributed by atoms with E-state index in [1.54, 1.807) is 0 Å². The maximum atomic E-state index is 12.2. The predicted octanol–water partition coefficient (Wildman–Crippen LogP) is 1.33. The summed E-state index contributed by atoms with van der Waals surface area (Å²) >= 11 is 0. The van der Waals surface area contributed by atoms with Gasteiger partial charge in [-0.15, -0.1) is 0 Å². The highest BCUT2D eigenvalue weighted by atomic mass is 16.5. The van der Waals surface area contributed by atoms with Gasteiger partial charge in [0.25, 0.3) is 0 Å². The number of aliphatic carboxylic acids is 1. The minimum absolute atomic E-state index is 0.0596. The molecule has 1 amide bonds. The highest BCUT2D eigenvalue weighted by Crippen LogP contribution is 2.15. The maximum absolute atomic E-state index is 12.2. The van der Waals surface area contributed by atoms with Crippen LogP contribution in [-0.4, -0.2) is 54.3 Å². The molecule has 0 bridgehead atoms. The number of carbonyl (C=O) groups is 2. The summed E-state index contributed by atoms with van der Waals surface area (Å²) in [6, 6.07) is 6.72. The molecule has 1 saturated heterocycles. The van der Waals surface area contributed by atoms with Crippen molar-refractivity contribution < 1.29 is 24.2 Å². The van der Waals surface area contributed by atoms with Gasteiger partial charge in [-0.3, -0.25) is 4.79 Å². The molecule has 0 aromatic heterocycles. The lowest BCUT2D eigenvalue weighted by molar-refractivity contribution is -0.158. The third-order valence-corrected chi connectivity index (χ3v) is 3.60. The number of benzene rings is 1. The predicted molar refractivity (Wildman–Crippen MR) is 79.9 cm³/mol. The first-order valence-electron chi connectivity index (χ1n) is 7.43. The Kier molecular flexibility index (Phi) is 5.77. The summed E-state index contributed by atoms with van der Waals surface area (Å²) in [7, 11) is 0. The van der Waals surface area contributed by atoms with E-state index in [2.05, 4.69) is 0 Å². The molecule has 6 nitrogen and oxygen atoms in total. The Balaban J connectivity index is 1.89. The van der Waals surface area contributed by atoms with Crippen LogP contribution in [0.2, 0.25) is 0 Å². The summed E-state index contributed by atoms with van der Waals surface area (Å²) in [4.78, 5) is 24.8. The zero-order chi connectivity index (χ0) is 15.9. The summed E-state index contributed by atoms with van der Waals surface area (Å²) < 4.78 is 10.5. The van der Waals surface area contributed by atoms with E-state index in [0.29, 0.717) is 26.2 Å². The second-order valence-corrected chi connectivity index (χ2v) is 5.09. The minimum Gasteiger partial charge on any atom is -0.494 e. The van der Waals surface area contributed by atoms with Crippen molar-refractivity contribution >= 4 is 11.9 Å². The van der Waals surface area contributed by atoms with Gasteiger partial charge in [-0.2, -0.15) is 0 Å². The normalized spacial score (nSPS) is 18.0. The van der Waals surface area contributed by atoms with E-state index in [4.69, 9.17) is 14.6 Å². The summed E-state index contributed by atoms with van der Waals surface area (Å²) in [6.07, 6.45) is 0.868. The number of rotatable bonds is 6. The molecule has 22 heavy (non-hydrogen) atoms. The topological polar surface area (TPSA) is 76.1 Å². The van der Waals surface area contributed by atoms with Gasteiger partial charge in [-0.25, -0.2) is 4.79 Å². The van der Waals surface area contributed by atoms with Gasteiger partial charge in [0, 0.05) is 13.0 Å². The zero-order valence-electron chi connectivity index (χ0n) is 12.7. The molecule has 1 aromatic rings. The fraction of sp³-hybridized carbons (Fsp3) is 0.500. The molecule has 0 aliphatic carbocycles. The molecule has 1 aliphatic rings. The second kappa shape index (κ2) is 7.79. The first-order chi connectivity index (χ1) is 10.6. The van der Waals surface area contributed by atoms with E-state index in [-0.39, 0.29) is 18.9 Å². The number of carbonyl (C=O) groups excluding carboxylic acids is 1. The average molecular weight is 307 g/mol. The van der Waals surface area contributed by atoms with Gasteiger partial charge in [-0.1, -0.05) is 12.1 Å². The molecule has 1 aromatic carbocycles. The number of hydrogen-bond donors (Lipinski definition) is 1. The third kappa shape index (κ3) is 4.21. The number of nitrogens with zero attached hydrogens (tertiary/aromatic N) is 1. The SMILES string of the molecule is CCOc1ccc(CCC(=O)N2CCOCC2C(=O)O)cc1.